The molecule has 4 heterocycles. The second kappa shape index (κ2) is 7.40. The van der Waals surface area contributed by atoms with Crippen molar-refractivity contribution in [2.45, 2.75) is 25.5 Å². The van der Waals surface area contributed by atoms with Crippen molar-refractivity contribution in [2.75, 3.05) is 48.3 Å². The van der Waals surface area contributed by atoms with E-state index in [1.807, 2.05) is 16.7 Å². The van der Waals surface area contributed by atoms with Crippen LogP contribution in [-0.4, -0.2) is 57.4 Å². The molecule has 2 fully saturated rings. The number of nitrogens with two attached hydrogens (primary N) is 1. The van der Waals surface area contributed by atoms with Gasteiger partial charge < -0.3 is 25.4 Å². The van der Waals surface area contributed by atoms with Gasteiger partial charge in [0.2, 0.25) is 5.95 Å². The topological polar surface area (TPSA) is 106 Å². The number of aromatic hydroxyl groups is 1. The van der Waals surface area contributed by atoms with E-state index in [0.717, 1.165) is 63.4 Å². The van der Waals surface area contributed by atoms with E-state index in [2.05, 4.69) is 19.8 Å². The van der Waals surface area contributed by atoms with Gasteiger partial charge in [0.05, 0.1) is 6.33 Å². The number of anilines is 3. The summed E-state index contributed by atoms with van der Waals surface area (Å²) in [7, 11) is 0. The molecule has 2 saturated heterocycles. The van der Waals surface area contributed by atoms with E-state index < -0.39 is 0 Å². The Bertz CT molecular complexity index is 990. The van der Waals surface area contributed by atoms with Gasteiger partial charge in [0.1, 0.15) is 17.5 Å². The summed E-state index contributed by atoms with van der Waals surface area (Å²) in [5.74, 6) is 1.32. The number of imidazole rings is 1. The van der Waals surface area contributed by atoms with Gasteiger partial charge in [-0.15, -0.1) is 0 Å². The average Bonchev–Trinajstić information content (AvgIpc) is 3.20. The Labute approximate surface area is 168 Å². The number of phenols is 1. The second-order valence-electron chi connectivity index (χ2n) is 7.54. The first-order valence-electron chi connectivity index (χ1n) is 10.1. The minimum atomic E-state index is -0.0396. The van der Waals surface area contributed by atoms with E-state index in [4.69, 9.17) is 15.5 Å². The summed E-state index contributed by atoms with van der Waals surface area (Å²) in [4.78, 5) is 18.2. The van der Waals surface area contributed by atoms with Crippen LogP contribution in [0.5, 0.6) is 5.75 Å². The Morgan fingerprint density at radius 3 is 2.48 bits per heavy atom. The summed E-state index contributed by atoms with van der Waals surface area (Å²) in [6.07, 6.45) is 4.91. The van der Waals surface area contributed by atoms with Crippen LogP contribution >= 0.6 is 0 Å². The molecule has 1 atom stereocenters. The van der Waals surface area contributed by atoms with E-state index in [0.29, 0.717) is 17.3 Å². The summed E-state index contributed by atoms with van der Waals surface area (Å²) < 4.78 is 7.90. The highest BCUT2D eigenvalue weighted by Gasteiger charge is 2.24. The van der Waals surface area contributed by atoms with Gasteiger partial charge in [-0.3, -0.25) is 4.57 Å². The van der Waals surface area contributed by atoms with Crippen molar-refractivity contribution in [3.63, 3.8) is 0 Å². The smallest absolute Gasteiger partial charge is 0.229 e. The van der Waals surface area contributed by atoms with Crippen molar-refractivity contribution >= 4 is 28.6 Å². The molecular formula is C20H25N7O2. The zero-order valence-corrected chi connectivity index (χ0v) is 16.2. The minimum Gasteiger partial charge on any atom is -0.508 e. The number of hydrogen-bond donors (Lipinski definition) is 2. The highest BCUT2D eigenvalue weighted by molar-refractivity contribution is 5.83. The molecule has 5 rings (SSSR count). The molecule has 0 aliphatic carbocycles. The highest BCUT2D eigenvalue weighted by Crippen LogP contribution is 2.29. The van der Waals surface area contributed by atoms with Crippen molar-refractivity contribution in [1.82, 2.24) is 19.5 Å². The van der Waals surface area contributed by atoms with Gasteiger partial charge in [-0.25, -0.2) is 4.98 Å². The normalized spacial score (nSPS) is 20.3. The number of nitrogens with zero attached hydrogens (tertiary/aromatic N) is 6. The van der Waals surface area contributed by atoms with Crippen molar-refractivity contribution < 1.29 is 9.84 Å². The van der Waals surface area contributed by atoms with Gasteiger partial charge in [0.25, 0.3) is 0 Å². The van der Waals surface area contributed by atoms with Crippen LogP contribution in [0.15, 0.2) is 30.6 Å². The zero-order chi connectivity index (χ0) is 19.8. The molecule has 2 aliphatic rings. The number of ether oxygens (including phenoxy) is 1. The van der Waals surface area contributed by atoms with E-state index in [9.17, 15) is 5.11 Å². The molecule has 3 N–H and O–H groups in total. The van der Waals surface area contributed by atoms with Crippen LogP contribution < -0.4 is 15.5 Å². The second-order valence-corrected chi connectivity index (χ2v) is 7.54. The van der Waals surface area contributed by atoms with E-state index in [-0.39, 0.29) is 12.0 Å². The number of phenolic OH excluding ortho intramolecular Hbond substituents is 1. The van der Waals surface area contributed by atoms with Crippen molar-refractivity contribution in [1.29, 1.82) is 0 Å². The predicted molar refractivity (Wildman–Crippen MR) is 111 cm³/mol. The fourth-order valence-electron chi connectivity index (χ4n) is 4.05. The van der Waals surface area contributed by atoms with Gasteiger partial charge in [0, 0.05) is 38.5 Å². The molecule has 29 heavy (non-hydrogen) atoms. The van der Waals surface area contributed by atoms with Crippen LogP contribution in [0.1, 0.15) is 25.5 Å². The van der Waals surface area contributed by atoms with Gasteiger partial charge in [-0.2, -0.15) is 9.97 Å². The summed E-state index contributed by atoms with van der Waals surface area (Å²) in [5, 5.41) is 9.49. The summed E-state index contributed by atoms with van der Waals surface area (Å²) in [6.45, 7) is 4.03. The molecule has 3 aromatic rings. The first-order valence-corrected chi connectivity index (χ1v) is 10.1. The SMILES string of the molecule is Nc1nc(N2CCN(c3ccc(O)cc3)CC2)nc2c1ncn2[C@@H]1CCCCO1. The Morgan fingerprint density at radius 1 is 1.00 bits per heavy atom. The highest BCUT2D eigenvalue weighted by atomic mass is 16.5. The lowest BCUT2D eigenvalue weighted by atomic mass is 10.2. The fourth-order valence-corrected chi connectivity index (χ4v) is 4.05. The number of hydrogen-bond acceptors (Lipinski definition) is 8. The van der Waals surface area contributed by atoms with Crippen LogP contribution in [0.3, 0.4) is 0 Å². The van der Waals surface area contributed by atoms with Gasteiger partial charge in [-0.1, -0.05) is 0 Å². The van der Waals surface area contributed by atoms with Gasteiger partial charge in [-0.05, 0) is 43.5 Å². The molecule has 0 bridgehead atoms. The largest absolute Gasteiger partial charge is 0.508 e. The monoisotopic (exact) mass is 395 g/mol. The molecule has 1 aromatic carbocycles. The number of aromatic nitrogens is 4. The molecule has 0 amide bonds. The van der Waals surface area contributed by atoms with Crippen molar-refractivity contribution in [2.24, 2.45) is 0 Å². The first kappa shape index (κ1) is 18.0. The third-order valence-electron chi connectivity index (χ3n) is 5.68. The number of piperazine rings is 1. The maximum atomic E-state index is 9.49. The molecule has 0 unspecified atom stereocenters. The molecule has 9 heteroatoms. The first-order chi connectivity index (χ1) is 14.2. The summed E-state index contributed by atoms with van der Waals surface area (Å²) in [5.41, 5.74) is 8.68. The van der Waals surface area contributed by atoms with Crippen LogP contribution in [0.25, 0.3) is 11.2 Å². The Balaban J connectivity index is 1.37. The third-order valence-corrected chi connectivity index (χ3v) is 5.68. The Hall–Kier alpha value is -3.07. The van der Waals surface area contributed by atoms with E-state index >= 15 is 0 Å². The average molecular weight is 395 g/mol. The van der Waals surface area contributed by atoms with Crippen LogP contribution in [0.4, 0.5) is 17.5 Å². The third kappa shape index (κ3) is 3.42. The molecule has 152 valence electrons. The minimum absolute atomic E-state index is 0.0396. The van der Waals surface area contributed by atoms with Crippen LogP contribution in [0, 0.1) is 0 Å². The number of fused-ring (bicyclic) bond motifs is 1. The van der Waals surface area contributed by atoms with Crippen LogP contribution in [-0.2, 0) is 4.74 Å². The molecule has 9 nitrogen and oxygen atoms in total. The predicted octanol–water partition coefficient (Wildman–Crippen LogP) is 2.14. The maximum absolute atomic E-state index is 9.49. The lowest BCUT2D eigenvalue weighted by Gasteiger charge is -2.36. The molecule has 0 spiro atoms. The zero-order valence-electron chi connectivity index (χ0n) is 16.2. The van der Waals surface area contributed by atoms with Gasteiger partial charge in [0.15, 0.2) is 11.5 Å². The molecular weight excluding hydrogens is 370 g/mol. The number of benzene rings is 1. The Morgan fingerprint density at radius 2 is 1.76 bits per heavy atom. The summed E-state index contributed by atoms with van der Waals surface area (Å²) >= 11 is 0. The lowest BCUT2D eigenvalue weighted by Crippen LogP contribution is -2.47. The van der Waals surface area contributed by atoms with Crippen molar-refractivity contribution in [3.8, 4) is 5.75 Å². The lowest BCUT2D eigenvalue weighted by molar-refractivity contribution is -0.0298. The quantitative estimate of drug-likeness (QED) is 0.695. The van der Waals surface area contributed by atoms with Crippen LogP contribution in [0.2, 0.25) is 0 Å². The van der Waals surface area contributed by atoms with Crippen molar-refractivity contribution in [3.05, 3.63) is 30.6 Å². The maximum Gasteiger partial charge on any atom is 0.229 e. The van der Waals surface area contributed by atoms with E-state index in [1.165, 1.54) is 0 Å². The molecule has 2 aromatic heterocycles. The molecule has 0 saturated carbocycles. The molecule has 0 radical (unpaired) electrons. The number of nitrogen functional groups attached to an aromatic ring is 1. The van der Waals surface area contributed by atoms with E-state index in [1.54, 1.807) is 18.5 Å². The van der Waals surface area contributed by atoms with Gasteiger partial charge >= 0.3 is 0 Å². The fraction of sp³-hybridized carbons (Fsp3) is 0.450. The standard InChI is InChI=1S/C20H25N7O2/c21-18-17-19(27(13-22-17)16-3-1-2-12-29-16)24-20(23-18)26-10-8-25(9-11-26)14-4-6-15(28)7-5-14/h4-7,13,16,28H,1-3,8-12H2,(H2,21,23,24)/t16-/m0/s1. The number of rotatable bonds is 3. The summed E-state index contributed by atoms with van der Waals surface area (Å²) in [6, 6.07) is 7.31. The molecule has 2 aliphatic heterocycles. The Kier molecular flexibility index (Phi) is 4.59.